The van der Waals surface area contributed by atoms with Crippen LogP contribution in [-0.4, -0.2) is 5.97 Å². The summed E-state index contributed by atoms with van der Waals surface area (Å²) in [5.41, 5.74) is -3.00. The van der Waals surface area contributed by atoms with Gasteiger partial charge in [-0.1, -0.05) is 6.07 Å². The molecule has 0 fully saturated rings. The van der Waals surface area contributed by atoms with Crippen LogP contribution >= 0.6 is 0 Å². The van der Waals surface area contributed by atoms with Crippen LogP contribution in [0, 0.1) is 5.82 Å². The minimum absolute atomic E-state index is 0.480. The molecule has 0 heterocycles. The van der Waals surface area contributed by atoms with Gasteiger partial charge in [-0.15, -0.1) is 0 Å². The van der Waals surface area contributed by atoms with E-state index >= 15 is 0 Å². The van der Waals surface area contributed by atoms with Crippen LogP contribution in [0.1, 0.15) is 15.9 Å². The minimum Gasteiger partial charge on any atom is -0.545 e. The van der Waals surface area contributed by atoms with E-state index in [0.29, 0.717) is 12.1 Å². The van der Waals surface area contributed by atoms with E-state index in [1.807, 2.05) is 0 Å². The van der Waals surface area contributed by atoms with Crippen LogP contribution in [0.25, 0.3) is 0 Å². The number of carboxylic acids is 1. The molecule has 1 rings (SSSR count). The molecule has 0 aliphatic heterocycles. The molecule has 2 nitrogen and oxygen atoms in total. The summed E-state index contributed by atoms with van der Waals surface area (Å²) in [4.78, 5) is 10.2. The Balaban J connectivity index is 3.44. The molecule has 0 N–H and O–H groups in total. The maximum absolute atomic E-state index is 12.7. The van der Waals surface area contributed by atoms with E-state index in [1.165, 1.54) is 0 Å². The molecule has 0 saturated carbocycles. The van der Waals surface area contributed by atoms with E-state index in [9.17, 15) is 27.5 Å². The molecule has 0 saturated heterocycles. The molecule has 0 spiro atoms. The highest BCUT2D eigenvalue weighted by Crippen LogP contribution is 2.32. The third-order valence-corrected chi connectivity index (χ3v) is 1.52. The van der Waals surface area contributed by atoms with Gasteiger partial charge in [-0.3, -0.25) is 0 Å². The van der Waals surface area contributed by atoms with Crippen molar-refractivity contribution in [3.8, 4) is 0 Å². The molecular formula is C8H3F4O2-. The highest BCUT2D eigenvalue weighted by molar-refractivity contribution is 5.88. The van der Waals surface area contributed by atoms with Crippen molar-refractivity contribution in [2.75, 3.05) is 0 Å². The Labute approximate surface area is 75.8 Å². The highest BCUT2D eigenvalue weighted by atomic mass is 19.4. The van der Waals surface area contributed by atoms with Crippen molar-refractivity contribution < 1.29 is 27.5 Å². The maximum Gasteiger partial charge on any atom is 0.417 e. The second-order valence-corrected chi connectivity index (χ2v) is 2.45. The lowest BCUT2D eigenvalue weighted by Crippen LogP contribution is -2.27. The SMILES string of the molecule is O=C([O-])c1c(F)cccc1C(F)(F)F. The van der Waals surface area contributed by atoms with E-state index in [-0.39, 0.29) is 0 Å². The summed E-state index contributed by atoms with van der Waals surface area (Å²) in [6.45, 7) is 0. The Hall–Kier alpha value is -1.59. The Morgan fingerprint density at radius 3 is 2.21 bits per heavy atom. The summed E-state index contributed by atoms with van der Waals surface area (Å²) in [5, 5.41) is 10.2. The van der Waals surface area contributed by atoms with Crippen LogP contribution in [-0.2, 0) is 6.18 Å². The first-order chi connectivity index (χ1) is 6.34. The largest absolute Gasteiger partial charge is 0.545 e. The Kier molecular flexibility index (Phi) is 2.46. The van der Waals surface area contributed by atoms with Crippen molar-refractivity contribution in [2.24, 2.45) is 0 Å². The lowest BCUT2D eigenvalue weighted by molar-refractivity contribution is -0.256. The van der Waals surface area contributed by atoms with Gasteiger partial charge in [-0.25, -0.2) is 4.39 Å². The maximum atomic E-state index is 12.7. The molecule has 0 aromatic heterocycles. The monoisotopic (exact) mass is 207 g/mol. The first-order valence-electron chi connectivity index (χ1n) is 3.41. The number of aromatic carboxylic acids is 1. The molecule has 14 heavy (non-hydrogen) atoms. The average Bonchev–Trinajstić information content (AvgIpc) is 2.01. The van der Waals surface area contributed by atoms with Gasteiger partial charge in [0.2, 0.25) is 0 Å². The van der Waals surface area contributed by atoms with Gasteiger partial charge in [0.1, 0.15) is 5.82 Å². The topological polar surface area (TPSA) is 40.1 Å². The number of carbonyl (C=O) groups excluding carboxylic acids is 1. The van der Waals surface area contributed by atoms with E-state index in [4.69, 9.17) is 0 Å². The summed E-state index contributed by atoms with van der Waals surface area (Å²) in [6.07, 6.45) is -4.91. The van der Waals surface area contributed by atoms with Crippen LogP contribution in [0.15, 0.2) is 18.2 Å². The molecule has 0 unspecified atom stereocenters. The molecule has 76 valence electrons. The number of halogens is 4. The van der Waals surface area contributed by atoms with Gasteiger partial charge in [0.05, 0.1) is 11.5 Å². The lowest BCUT2D eigenvalue weighted by Gasteiger charge is -2.13. The molecule has 1 aromatic rings. The van der Waals surface area contributed by atoms with Crippen LogP contribution in [0.5, 0.6) is 0 Å². The van der Waals surface area contributed by atoms with Crippen molar-refractivity contribution in [1.82, 2.24) is 0 Å². The zero-order valence-electron chi connectivity index (χ0n) is 6.56. The first-order valence-corrected chi connectivity index (χ1v) is 3.41. The molecule has 0 aliphatic rings. The van der Waals surface area contributed by atoms with Gasteiger partial charge in [-0.05, 0) is 12.1 Å². The smallest absolute Gasteiger partial charge is 0.417 e. The molecular weight excluding hydrogens is 204 g/mol. The van der Waals surface area contributed by atoms with Crippen LogP contribution < -0.4 is 5.11 Å². The predicted octanol–water partition coefficient (Wildman–Crippen LogP) is 1.21. The van der Waals surface area contributed by atoms with Gasteiger partial charge in [0.25, 0.3) is 0 Å². The molecule has 0 bridgehead atoms. The molecule has 0 amide bonds. The summed E-state index contributed by atoms with van der Waals surface area (Å²) >= 11 is 0. The number of rotatable bonds is 1. The summed E-state index contributed by atoms with van der Waals surface area (Å²) in [6, 6.07) is 1.89. The van der Waals surface area contributed by atoms with Crippen molar-refractivity contribution >= 4 is 5.97 Å². The van der Waals surface area contributed by atoms with Crippen molar-refractivity contribution in [1.29, 1.82) is 0 Å². The number of carbonyl (C=O) groups is 1. The van der Waals surface area contributed by atoms with Gasteiger partial charge in [0.15, 0.2) is 0 Å². The number of alkyl halides is 3. The Bertz CT molecular complexity index is 370. The summed E-state index contributed by atoms with van der Waals surface area (Å²) in [5.74, 6) is -3.64. The number of carboxylic acid groups (broad SMARTS) is 1. The minimum atomic E-state index is -4.91. The van der Waals surface area contributed by atoms with Crippen molar-refractivity contribution in [3.63, 3.8) is 0 Å². The van der Waals surface area contributed by atoms with Crippen molar-refractivity contribution in [2.45, 2.75) is 6.18 Å². The Morgan fingerprint density at radius 1 is 1.29 bits per heavy atom. The molecule has 0 atom stereocenters. The molecule has 0 radical (unpaired) electrons. The zero-order valence-corrected chi connectivity index (χ0v) is 6.56. The Morgan fingerprint density at radius 2 is 1.86 bits per heavy atom. The van der Waals surface area contributed by atoms with Gasteiger partial charge in [0, 0.05) is 5.56 Å². The highest BCUT2D eigenvalue weighted by Gasteiger charge is 2.34. The molecule has 0 aliphatic carbocycles. The standard InChI is InChI=1S/C8H4F4O2/c9-5-3-1-2-4(8(10,11)12)6(5)7(13)14/h1-3H,(H,13,14)/p-1. The average molecular weight is 207 g/mol. The first kappa shape index (κ1) is 10.5. The van der Waals surface area contributed by atoms with E-state index in [1.54, 1.807) is 0 Å². The number of hydrogen-bond donors (Lipinski definition) is 0. The number of benzene rings is 1. The summed E-state index contributed by atoms with van der Waals surface area (Å²) < 4.78 is 49.1. The fourth-order valence-electron chi connectivity index (χ4n) is 0.968. The quantitative estimate of drug-likeness (QED) is 0.649. The molecule has 1 aromatic carbocycles. The molecule has 6 heteroatoms. The second-order valence-electron chi connectivity index (χ2n) is 2.45. The van der Waals surface area contributed by atoms with Crippen LogP contribution in [0.3, 0.4) is 0 Å². The lowest BCUT2D eigenvalue weighted by atomic mass is 10.1. The number of hydrogen-bond acceptors (Lipinski definition) is 2. The second kappa shape index (κ2) is 3.28. The van der Waals surface area contributed by atoms with Crippen molar-refractivity contribution in [3.05, 3.63) is 35.1 Å². The predicted molar refractivity (Wildman–Crippen MR) is 35.7 cm³/mol. The summed E-state index contributed by atoms with van der Waals surface area (Å²) in [7, 11) is 0. The van der Waals surface area contributed by atoms with E-state index in [0.717, 1.165) is 6.07 Å². The van der Waals surface area contributed by atoms with E-state index < -0.39 is 29.1 Å². The normalized spacial score (nSPS) is 11.4. The van der Waals surface area contributed by atoms with Gasteiger partial charge >= 0.3 is 6.18 Å². The van der Waals surface area contributed by atoms with E-state index in [2.05, 4.69) is 0 Å². The zero-order chi connectivity index (χ0) is 10.9. The third-order valence-electron chi connectivity index (χ3n) is 1.52. The van der Waals surface area contributed by atoms with Gasteiger partial charge < -0.3 is 9.90 Å². The fourth-order valence-corrected chi connectivity index (χ4v) is 0.968. The van der Waals surface area contributed by atoms with Gasteiger partial charge in [-0.2, -0.15) is 13.2 Å². The van der Waals surface area contributed by atoms with Crippen LogP contribution in [0.2, 0.25) is 0 Å². The third kappa shape index (κ3) is 1.84. The fraction of sp³-hybridized carbons (Fsp3) is 0.125. The van der Waals surface area contributed by atoms with Crippen LogP contribution in [0.4, 0.5) is 17.6 Å².